The molecule has 2 aromatic heterocycles. The van der Waals surface area contributed by atoms with E-state index in [9.17, 15) is 0 Å². The first-order valence-corrected chi connectivity index (χ1v) is 9.90. The lowest BCUT2D eigenvalue weighted by Gasteiger charge is -2.33. The van der Waals surface area contributed by atoms with Crippen LogP contribution in [0.4, 0.5) is 11.8 Å². The molecule has 2 aliphatic rings. The van der Waals surface area contributed by atoms with Crippen molar-refractivity contribution in [3.63, 3.8) is 0 Å². The van der Waals surface area contributed by atoms with E-state index in [-0.39, 0.29) is 0 Å². The van der Waals surface area contributed by atoms with E-state index in [4.69, 9.17) is 9.97 Å². The van der Waals surface area contributed by atoms with Crippen molar-refractivity contribution >= 4 is 33.3 Å². The van der Waals surface area contributed by atoms with Crippen LogP contribution >= 0.6 is 11.3 Å². The minimum atomic E-state index is 0.529. The van der Waals surface area contributed by atoms with Gasteiger partial charge in [0, 0.05) is 24.0 Å². The van der Waals surface area contributed by atoms with Crippen LogP contribution in [-0.4, -0.2) is 48.1 Å². The number of hydrogen-bond donors (Lipinski definition) is 2. The smallest absolute Gasteiger partial charge is 0.225 e. The van der Waals surface area contributed by atoms with Crippen LogP contribution < -0.4 is 10.6 Å². The second-order valence-electron chi connectivity index (χ2n) is 7.30. The van der Waals surface area contributed by atoms with Crippen molar-refractivity contribution in [1.82, 2.24) is 14.9 Å². The van der Waals surface area contributed by atoms with Crippen molar-refractivity contribution in [3.8, 4) is 0 Å². The Hall–Kier alpha value is -1.40. The lowest BCUT2D eigenvalue weighted by atomic mass is 9.90. The molecule has 1 fully saturated rings. The van der Waals surface area contributed by atoms with Crippen molar-refractivity contribution in [1.29, 1.82) is 0 Å². The van der Waals surface area contributed by atoms with Gasteiger partial charge in [0.25, 0.3) is 0 Å². The van der Waals surface area contributed by atoms with E-state index >= 15 is 0 Å². The van der Waals surface area contributed by atoms with Crippen LogP contribution in [0, 0.1) is 0 Å². The van der Waals surface area contributed by atoms with Gasteiger partial charge in [-0.15, -0.1) is 11.3 Å². The van der Waals surface area contributed by atoms with E-state index in [0.29, 0.717) is 6.04 Å². The molecule has 2 aromatic rings. The molecule has 0 amide bonds. The van der Waals surface area contributed by atoms with Gasteiger partial charge in [-0.25, -0.2) is 4.98 Å². The predicted octanol–water partition coefficient (Wildman–Crippen LogP) is 3.51. The molecule has 24 heavy (non-hydrogen) atoms. The molecule has 2 heterocycles. The zero-order valence-electron chi connectivity index (χ0n) is 14.9. The molecule has 0 saturated heterocycles. The minimum absolute atomic E-state index is 0.529. The van der Waals surface area contributed by atoms with Gasteiger partial charge in [-0.05, 0) is 64.6 Å². The fraction of sp³-hybridized carbons (Fsp3) is 0.667. The number of hydrogen-bond acceptors (Lipinski definition) is 6. The van der Waals surface area contributed by atoms with Crippen LogP contribution in [0.1, 0.15) is 42.5 Å². The molecule has 1 saturated carbocycles. The third-order valence-electron chi connectivity index (χ3n) is 5.56. The summed E-state index contributed by atoms with van der Waals surface area (Å²) in [6.07, 6.45) is 8.63. The van der Waals surface area contributed by atoms with E-state index in [0.717, 1.165) is 22.6 Å². The molecule has 0 radical (unpaired) electrons. The molecule has 5 nitrogen and oxygen atoms in total. The Kier molecular flexibility index (Phi) is 4.35. The highest BCUT2D eigenvalue weighted by Crippen LogP contribution is 2.40. The van der Waals surface area contributed by atoms with Crippen molar-refractivity contribution in [2.75, 3.05) is 31.8 Å². The maximum Gasteiger partial charge on any atom is 0.225 e. The fourth-order valence-corrected chi connectivity index (χ4v) is 5.40. The Morgan fingerprint density at radius 1 is 1.08 bits per heavy atom. The lowest BCUT2D eigenvalue weighted by Crippen LogP contribution is -2.36. The Morgan fingerprint density at radius 2 is 1.88 bits per heavy atom. The molecule has 0 unspecified atom stereocenters. The molecule has 0 spiro atoms. The topological polar surface area (TPSA) is 53.1 Å². The van der Waals surface area contributed by atoms with E-state index in [1.165, 1.54) is 60.8 Å². The monoisotopic (exact) mass is 345 g/mol. The third kappa shape index (κ3) is 2.86. The highest BCUT2D eigenvalue weighted by atomic mass is 32.1. The SMILES string of the molecule is CNc1nc(NC2CCC(N(C)C)CC2)c2c3c(sc2n1)CCC3. The molecule has 130 valence electrons. The third-order valence-corrected chi connectivity index (χ3v) is 6.74. The Labute approximate surface area is 147 Å². The van der Waals surface area contributed by atoms with E-state index < -0.39 is 0 Å². The van der Waals surface area contributed by atoms with Crippen LogP contribution in [0.25, 0.3) is 10.2 Å². The molecule has 0 aliphatic heterocycles. The van der Waals surface area contributed by atoms with Gasteiger partial charge < -0.3 is 15.5 Å². The van der Waals surface area contributed by atoms with Crippen molar-refractivity contribution in [2.24, 2.45) is 0 Å². The Morgan fingerprint density at radius 3 is 2.58 bits per heavy atom. The number of fused-ring (bicyclic) bond motifs is 3. The summed E-state index contributed by atoms with van der Waals surface area (Å²) in [5.41, 5.74) is 1.50. The van der Waals surface area contributed by atoms with Gasteiger partial charge in [-0.2, -0.15) is 4.98 Å². The summed E-state index contributed by atoms with van der Waals surface area (Å²) < 4.78 is 0. The summed E-state index contributed by atoms with van der Waals surface area (Å²) >= 11 is 1.86. The molecule has 2 aliphatic carbocycles. The summed E-state index contributed by atoms with van der Waals surface area (Å²) in [7, 11) is 6.29. The minimum Gasteiger partial charge on any atom is -0.367 e. The van der Waals surface area contributed by atoms with E-state index in [1.54, 1.807) is 0 Å². The van der Waals surface area contributed by atoms with Crippen LogP contribution in [0.15, 0.2) is 0 Å². The summed E-state index contributed by atoms with van der Waals surface area (Å²) in [5, 5.41) is 8.18. The second kappa shape index (κ2) is 6.48. The quantitative estimate of drug-likeness (QED) is 0.888. The zero-order valence-corrected chi connectivity index (χ0v) is 15.7. The summed E-state index contributed by atoms with van der Waals surface area (Å²) in [5.74, 6) is 1.78. The lowest BCUT2D eigenvalue weighted by molar-refractivity contribution is 0.221. The van der Waals surface area contributed by atoms with Crippen LogP contribution in [0.2, 0.25) is 0 Å². The van der Waals surface area contributed by atoms with Crippen molar-refractivity contribution < 1.29 is 0 Å². The number of thiophene rings is 1. The number of rotatable bonds is 4. The predicted molar refractivity (Wildman–Crippen MR) is 102 cm³/mol. The van der Waals surface area contributed by atoms with E-state index in [2.05, 4.69) is 29.6 Å². The van der Waals surface area contributed by atoms with Gasteiger partial charge in [-0.1, -0.05) is 0 Å². The van der Waals surface area contributed by atoms with Gasteiger partial charge >= 0.3 is 0 Å². The van der Waals surface area contributed by atoms with Crippen molar-refractivity contribution in [2.45, 2.75) is 57.0 Å². The normalized spacial score (nSPS) is 23.7. The van der Waals surface area contributed by atoms with Crippen LogP contribution in [-0.2, 0) is 12.8 Å². The largest absolute Gasteiger partial charge is 0.367 e. The molecule has 6 heteroatoms. The van der Waals surface area contributed by atoms with Crippen molar-refractivity contribution in [3.05, 3.63) is 10.4 Å². The van der Waals surface area contributed by atoms with Crippen LogP contribution in [0.3, 0.4) is 0 Å². The molecular weight excluding hydrogens is 318 g/mol. The van der Waals surface area contributed by atoms with Gasteiger partial charge in [0.15, 0.2) is 0 Å². The fourth-order valence-electron chi connectivity index (χ4n) is 4.14. The maximum absolute atomic E-state index is 4.78. The first-order valence-electron chi connectivity index (χ1n) is 9.08. The summed E-state index contributed by atoms with van der Waals surface area (Å²) in [4.78, 5) is 14.5. The Bertz CT molecular complexity index is 731. The average molecular weight is 346 g/mol. The average Bonchev–Trinajstić information content (AvgIpc) is 3.15. The molecule has 2 N–H and O–H groups in total. The molecule has 0 atom stereocenters. The number of aromatic nitrogens is 2. The second-order valence-corrected chi connectivity index (χ2v) is 8.38. The number of anilines is 2. The number of aryl methyl sites for hydroxylation is 2. The van der Waals surface area contributed by atoms with Gasteiger partial charge in [0.2, 0.25) is 5.95 Å². The molecule has 0 bridgehead atoms. The van der Waals surface area contributed by atoms with Crippen LogP contribution in [0.5, 0.6) is 0 Å². The molecular formula is C18H27N5S. The highest BCUT2D eigenvalue weighted by Gasteiger charge is 2.26. The molecule has 0 aromatic carbocycles. The molecule has 4 rings (SSSR count). The summed E-state index contributed by atoms with van der Waals surface area (Å²) in [6.45, 7) is 0. The number of nitrogens with one attached hydrogen (secondary N) is 2. The zero-order chi connectivity index (χ0) is 16.7. The van der Waals surface area contributed by atoms with Gasteiger partial charge in [0.1, 0.15) is 10.6 Å². The highest BCUT2D eigenvalue weighted by molar-refractivity contribution is 7.19. The van der Waals surface area contributed by atoms with Gasteiger partial charge in [-0.3, -0.25) is 0 Å². The Balaban J connectivity index is 1.61. The standard InChI is InChI=1S/C18H27N5S/c1-19-18-21-16(20-11-7-9-12(10-8-11)23(2)3)15-13-5-4-6-14(13)24-17(15)22-18/h11-12H,4-10H2,1-3H3,(H2,19,20,21,22). The van der Waals surface area contributed by atoms with Gasteiger partial charge in [0.05, 0.1) is 5.39 Å². The first kappa shape index (κ1) is 16.1. The van der Waals surface area contributed by atoms with E-state index in [1.807, 2.05) is 18.4 Å². The summed E-state index contributed by atoms with van der Waals surface area (Å²) in [6, 6.07) is 1.26. The first-order chi connectivity index (χ1) is 11.7. The maximum atomic E-state index is 4.78. The number of nitrogens with zero attached hydrogens (tertiary/aromatic N) is 3.